The van der Waals surface area contributed by atoms with Crippen LogP contribution in [0.25, 0.3) is 11.1 Å². The normalized spacial score (nSPS) is 13.1. The summed E-state index contributed by atoms with van der Waals surface area (Å²) < 4.78 is 0. The van der Waals surface area contributed by atoms with E-state index in [2.05, 4.69) is 28.7 Å². The molecule has 1 rings (SSSR count). The lowest BCUT2D eigenvalue weighted by Gasteiger charge is -2.04. The van der Waals surface area contributed by atoms with E-state index in [1.807, 2.05) is 56.7 Å². The second-order valence-electron chi connectivity index (χ2n) is 3.99. The van der Waals surface area contributed by atoms with E-state index in [0.717, 1.165) is 22.4 Å². The van der Waals surface area contributed by atoms with Gasteiger partial charge in [0.2, 0.25) is 0 Å². The van der Waals surface area contributed by atoms with Crippen LogP contribution in [0.2, 0.25) is 0 Å². The quantitative estimate of drug-likeness (QED) is 0.736. The van der Waals surface area contributed by atoms with Crippen LogP contribution in [0.3, 0.4) is 0 Å². The van der Waals surface area contributed by atoms with E-state index >= 15 is 0 Å². The summed E-state index contributed by atoms with van der Waals surface area (Å²) in [6.45, 7) is 9.43. The maximum Gasteiger partial charge on any atom is 0.101 e. The number of nitrogens with one attached hydrogen (secondary N) is 2. The van der Waals surface area contributed by atoms with Gasteiger partial charge in [-0.25, -0.2) is 0 Å². The molecule has 0 aliphatic carbocycles. The van der Waals surface area contributed by atoms with E-state index in [1.165, 1.54) is 0 Å². The van der Waals surface area contributed by atoms with Gasteiger partial charge in [0.25, 0.3) is 0 Å². The molecule has 20 heavy (non-hydrogen) atoms. The fraction of sp³-hybridized carbons (Fsp3) is 0.118. The van der Waals surface area contributed by atoms with Gasteiger partial charge in [-0.2, -0.15) is 5.10 Å². The van der Waals surface area contributed by atoms with Crippen LogP contribution in [0, 0.1) is 0 Å². The van der Waals surface area contributed by atoms with Crippen LogP contribution in [-0.2, 0) is 0 Å². The Balaban J connectivity index is 3.33. The van der Waals surface area contributed by atoms with Crippen molar-refractivity contribution in [3.8, 4) is 0 Å². The molecule has 104 valence electrons. The zero-order valence-electron chi connectivity index (χ0n) is 12.1. The van der Waals surface area contributed by atoms with Gasteiger partial charge in [0, 0.05) is 30.6 Å². The Labute approximate surface area is 120 Å². The standard InChI is InChI=1S/C17H21N3/c1-5-8-11-15(12-18-4)17-16(13-19-20-17)14(9-6-2)10-7-3/h5-13,18H,1-2H2,3-4H3,(H,19,20)/b10-7-,11-8-,14-9+,15-12+. The first-order valence-corrected chi connectivity index (χ1v) is 6.45. The second-order valence-corrected chi connectivity index (χ2v) is 3.99. The monoisotopic (exact) mass is 267 g/mol. The minimum absolute atomic E-state index is 0.878. The zero-order valence-corrected chi connectivity index (χ0v) is 12.1. The molecule has 2 N–H and O–H groups in total. The van der Waals surface area contributed by atoms with E-state index in [1.54, 1.807) is 12.2 Å². The van der Waals surface area contributed by atoms with Crippen molar-refractivity contribution in [2.75, 3.05) is 7.05 Å². The fourth-order valence-electron chi connectivity index (χ4n) is 1.79. The van der Waals surface area contributed by atoms with Crippen LogP contribution >= 0.6 is 0 Å². The Hall–Kier alpha value is -2.55. The average Bonchev–Trinajstić information content (AvgIpc) is 2.92. The Morgan fingerprint density at radius 2 is 2.05 bits per heavy atom. The molecule has 1 aromatic rings. The van der Waals surface area contributed by atoms with E-state index in [9.17, 15) is 0 Å². The number of aromatic amines is 1. The highest BCUT2D eigenvalue weighted by Crippen LogP contribution is 2.25. The Bertz CT molecular complexity index is 569. The van der Waals surface area contributed by atoms with E-state index in [-0.39, 0.29) is 0 Å². The van der Waals surface area contributed by atoms with Crippen molar-refractivity contribution in [3.05, 3.63) is 79.3 Å². The van der Waals surface area contributed by atoms with Gasteiger partial charge in [-0.3, -0.25) is 5.10 Å². The first kappa shape index (κ1) is 15.5. The molecule has 0 bridgehead atoms. The van der Waals surface area contributed by atoms with Gasteiger partial charge in [0.15, 0.2) is 0 Å². The number of hydrogen-bond donors (Lipinski definition) is 2. The number of hydrogen-bond acceptors (Lipinski definition) is 2. The molecule has 0 fully saturated rings. The topological polar surface area (TPSA) is 40.7 Å². The molecule has 0 atom stereocenters. The van der Waals surface area contributed by atoms with E-state index < -0.39 is 0 Å². The molecule has 1 heterocycles. The van der Waals surface area contributed by atoms with Crippen molar-refractivity contribution in [1.82, 2.24) is 15.5 Å². The van der Waals surface area contributed by atoms with Gasteiger partial charge in [-0.15, -0.1) is 0 Å². The highest BCUT2D eigenvalue weighted by Gasteiger charge is 2.11. The van der Waals surface area contributed by atoms with Gasteiger partial charge < -0.3 is 5.32 Å². The lowest BCUT2D eigenvalue weighted by Crippen LogP contribution is -1.97. The second kappa shape index (κ2) is 8.53. The molecular formula is C17H21N3. The lowest BCUT2D eigenvalue weighted by atomic mass is 10.0. The molecule has 0 amide bonds. The Morgan fingerprint density at radius 3 is 2.65 bits per heavy atom. The van der Waals surface area contributed by atoms with Crippen molar-refractivity contribution in [2.24, 2.45) is 0 Å². The number of allylic oxidation sites excluding steroid dienone is 9. The summed E-state index contributed by atoms with van der Waals surface area (Å²) in [5, 5.41) is 10.3. The van der Waals surface area contributed by atoms with Crippen molar-refractivity contribution >= 4 is 11.1 Å². The minimum Gasteiger partial charge on any atom is -0.393 e. The first-order valence-electron chi connectivity index (χ1n) is 6.45. The van der Waals surface area contributed by atoms with Gasteiger partial charge in [-0.1, -0.05) is 55.7 Å². The third-order valence-electron chi connectivity index (χ3n) is 2.58. The van der Waals surface area contributed by atoms with E-state index in [4.69, 9.17) is 0 Å². The first-order chi connectivity index (χ1) is 9.78. The smallest absolute Gasteiger partial charge is 0.101 e. The molecule has 0 aromatic carbocycles. The Morgan fingerprint density at radius 1 is 1.25 bits per heavy atom. The maximum atomic E-state index is 4.35. The van der Waals surface area contributed by atoms with Crippen LogP contribution < -0.4 is 5.32 Å². The summed E-state index contributed by atoms with van der Waals surface area (Å²) in [7, 11) is 1.86. The summed E-state index contributed by atoms with van der Waals surface area (Å²) in [4.78, 5) is 0. The fourth-order valence-corrected chi connectivity index (χ4v) is 1.79. The zero-order chi connectivity index (χ0) is 14.8. The molecule has 0 saturated carbocycles. The average molecular weight is 267 g/mol. The summed E-state index contributed by atoms with van der Waals surface area (Å²) in [5.41, 5.74) is 3.94. The van der Waals surface area contributed by atoms with Crippen LogP contribution in [0.4, 0.5) is 0 Å². The SMILES string of the molecule is C=C/C=C\C(=C/NC)c1n[nH]cc1C(/C=C\C)=C/C=C. The molecule has 0 aliphatic heterocycles. The van der Waals surface area contributed by atoms with Gasteiger partial charge >= 0.3 is 0 Å². The van der Waals surface area contributed by atoms with E-state index in [0.29, 0.717) is 0 Å². The largest absolute Gasteiger partial charge is 0.393 e. The van der Waals surface area contributed by atoms with Crippen LogP contribution in [0.15, 0.2) is 68.1 Å². The Kier molecular flexibility index (Phi) is 6.62. The molecule has 0 saturated heterocycles. The molecule has 0 spiro atoms. The maximum absolute atomic E-state index is 4.35. The molecular weight excluding hydrogens is 246 g/mol. The summed E-state index contributed by atoms with van der Waals surface area (Å²) in [6, 6.07) is 0. The van der Waals surface area contributed by atoms with Crippen molar-refractivity contribution < 1.29 is 0 Å². The number of H-pyrrole nitrogens is 1. The predicted molar refractivity (Wildman–Crippen MR) is 87.9 cm³/mol. The minimum atomic E-state index is 0.878. The van der Waals surface area contributed by atoms with Crippen molar-refractivity contribution in [1.29, 1.82) is 0 Å². The van der Waals surface area contributed by atoms with Crippen LogP contribution in [0.1, 0.15) is 18.2 Å². The molecule has 0 aliphatic rings. The van der Waals surface area contributed by atoms with Gasteiger partial charge in [0.05, 0.1) is 0 Å². The third-order valence-corrected chi connectivity index (χ3v) is 2.58. The van der Waals surface area contributed by atoms with Gasteiger partial charge in [0.1, 0.15) is 5.69 Å². The number of aromatic nitrogens is 2. The number of rotatable bonds is 7. The highest BCUT2D eigenvalue weighted by atomic mass is 15.1. The summed E-state index contributed by atoms with van der Waals surface area (Å²) in [6.07, 6.45) is 17.1. The molecule has 3 heteroatoms. The third kappa shape index (κ3) is 3.99. The molecule has 0 unspecified atom stereocenters. The summed E-state index contributed by atoms with van der Waals surface area (Å²) in [5.74, 6) is 0. The van der Waals surface area contributed by atoms with Crippen molar-refractivity contribution in [2.45, 2.75) is 6.92 Å². The molecule has 1 aromatic heterocycles. The molecule has 3 nitrogen and oxygen atoms in total. The highest BCUT2D eigenvalue weighted by molar-refractivity contribution is 5.85. The van der Waals surface area contributed by atoms with Gasteiger partial charge in [-0.05, 0) is 12.5 Å². The summed E-state index contributed by atoms with van der Waals surface area (Å²) >= 11 is 0. The van der Waals surface area contributed by atoms with Crippen molar-refractivity contribution in [3.63, 3.8) is 0 Å². The number of nitrogens with zero attached hydrogens (tertiary/aromatic N) is 1. The predicted octanol–water partition coefficient (Wildman–Crippen LogP) is 3.86. The molecule has 0 radical (unpaired) electrons. The lowest BCUT2D eigenvalue weighted by molar-refractivity contribution is 1.06. The van der Waals surface area contributed by atoms with Crippen LogP contribution in [0.5, 0.6) is 0 Å². The van der Waals surface area contributed by atoms with Crippen LogP contribution in [-0.4, -0.2) is 17.2 Å².